The lowest BCUT2D eigenvalue weighted by Crippen LogP contribution is -2.08. The van der Waals surface area contributed by atoms with Crippen LogP contribution in [0.5, 0.6) is 11.5 Å². The summed E-state index contributed by atoms with van der Waals surface area (Å²) in [4.78, 5) is 32.9. The van der Waals surface area contributed by atoms with E-state index in [1.165, 1.54) is 30.4 Å². The Morgan fingerprint density at radius 3 is 2.06 bits per heavy atom. The van der Waals surface area contributed by atoms with Crippen LogP contribution >= 0.6 is 11.6 Å². The first-order valence-corrected chi connectivity index (χ1v) is 10.1. The van der Waals surface area contributed by atoms with Crippen LogP contribution in [0.1, 0.15) is 27.0 Å². The molecule has 8 nitrogen and oxygen atoms in total. The number of carbonyl (C=O) groups excluding carboxylic acids is 1. The Morgan fingerprint density at radius 2 is 1.54 bits per heavy atom. The van der Waals surface area contributed by atoms with Crippen molar-refractivity contribution in [1.82, 2.24) is 0 Å². The summed E-state index contributed by atoms with van der Waals surface area (Å²) in [7, 11) is 0. The molecular weight excluding hydrogens is 493 g/mol. The van der Waals surface area contributed by atoms with Gasteiger partial charge in [0.1, 0.15) is 0 Å². The van der Waals surface area contributed by atoms with Crippen molar-refractivity contribution in [2.75, 3.05) is 0 Å². The molecule has 0 saturated carbocycles. The maximum absolute atomic E-state index is 13.2. The Bertz CT molecular complexity index is 1320. The minimum Gasteiger partial charge on any atom is -0.442 e. The number of hydrogen-bond donors (Lipinski definition) is 0. The molecule has 3 rings (SSSR count). The maximum Gasteiger partial charge on any atom is 0.416 e. The van der Waals surface area contributed by atoms with Crippen LogP contribution in [0, 0.1) is 27.2 Å². The lowest BCUT2D eigenvalue weighted by atomic mass is 10.1. The molecule has 3 aromatic carbocycles. The summed E-state index contributed by atoms with van der Waals surface area (Å²) in [6.07, 6.45) is -2.65. The highest BCUT2D eigenvalue weighted by Crippen LogP contribution is 2.46. The number of para-hydroxylation sites is 1. The average molecular weight is 507 g/mol. The second-order valence-electron chi connectivity index (χ2n) is 7.18. The Labute approximate surface area is 200 Å². The second-order valence-corrected chi connectivity index (χ2v) is 7.59. The number of aryl methyl sites for hydroxylation is 1. The molecule has 35 heavy (non-hydrogen) atoms. The number of rotatable bonds is 7. The van der Waals surface area contributed by atoms with Crippen molar-refractivity contribution in [2.24, 2.45) is 0 Å². The summed E-state index contributed by atoms with van der Waals surface area (Å²) in [6, 6.07) is 11.1. The van der Waals surface area contributed by atoms with Crippen LogP contribution in [0.15, 0.2) is 60.7 Å². The molecule has 0 spiro atoms. The van der Waals surface area contributed by atoms with Crippen LogP contribution in [0.25, 0.3) is 6.08 Å². The third kappa shape index (κ3) is 5.82. The molecule has 0 aliphatic rings. The zero-order valence-corrected chi connectivity index (χ0v) is 18.5. The number of benzene rings is 3. The molecule has 3 aromatic rings. The minimum absolute atomic E-state index is 0.0986. The van der Waals surface area contributed by atoms with Gasteiger partial charge in [-0.1, -0.05) is 53.6 Å². The average Bonchev–Trinajstić information content (AvgIpc) is 2.78. The number of alkyl halides is 3. The van der Waals surface area contributed by atoms with E-state index in [1.54, 1.807) is 24.3 Å². The molecular formula is C23H14ClF3N2O6. The van der Waals surface area contributed by atoms with Gasteiger partial charge in [0.05, 0.1) is 20.4 Å². The molecule has 0 amide bonds. The number of ether oxygens (including phenoxy) is 1. The molecule has 0 saturated heterocycles. The smallest absolute Gasteiger partial charge is 0.416 e. The van der Waals surface area contributed by atoms with Gasteiger partial charge >= 0.3 is 17.6 Å². The molecule has 12 heteroatoms. The van der Waals surface area contributed by atoms with Crippen molar-refractivity contribution in [3.8, 4) is 11.5 Å². The van der Waals surface area contributed by atoms with Gasteiger partial charge in [0.25, 0.3) is 5.75 Å². The highest BCUT2D eigenvalue weighted by atomic mass is 35.5. The highest BCUT2D eigenvalue weighted by molar-refractivity contribution is 6.32. The Kier molecular flexibility index (Phi) is 7.20. The Morgan fingerprint density at radius 1 is 0.971 bits per heavy atom. The van der Waals surface area contributed by atoms with E-state index in [9.17, 15) is 38.2 Å². The van der Waals surface area contributed by atoms with Crippen molar-refractivity contribution in [3.63, 3.8) is 0 Å². The predicted molar refractivity (Wildman–Crippen MR) is 121 cm³/mol. The van der Waals surface area contributed by atoms with Gasteiger partial charge in [-0.3, -0.25) is 25.0 Å². The number of ketones is 1. The molecule has 0 aromatic heterocycles. The Hall–Kier alpha value is -4.25. The van der Waals surface area contributed by atoms with Gasteiger partial charge in [0, 0.05) is 23.3 Å². The minimum atomic E-state index is -5.08. The van der Waals surface area contributed by atoms with Crippen LogP contribution in [0.4, 0.5) is 24.5 Å². The van der Waals surface area contributed by atoms with Gasteiger partial charge in [-0.2, -0.15) is 13.2 Å². The topological polar surface area (TPSA) is 113 Å². The van der Waals surface area contributed by atoms with Crippen LogP contribution in [0.3, 0.4) is 0 Å². The van der Waals surface area contributed by atoms with Gasteiger partial charge in [0.2, 0.25) is 0 Å². The lowest BCUT2D eigenvalue weighted by Gasteiger charge is -2.13. The SMILES string of the molecule is Cc1ccc(C(=O)/C=C/c2cccc(Cl)c2Oc2c([N+](=O)[O-])cc(C(F)(F)F)cc2[N+](=O)[O-])cc1. The third-order valence-corrected chi connectivity index (χ3v) is 5.02. The zero-order chi connectivity index (χ0) is 25.9. The van der Waals surface area contributed by atoms with Crippen LogP contribution in [-0.2, 0) is 6.18 Å². The van der Waals surface area contributed by atoms with Crippen molar-refractivity contribution in [2.45, 2.75) is 13.1 Å². The van der Waals surface area contributed by atoms with E-state index in [0.29, 0.717) is 5.56 Å². The summed E-state index contributed by atoms with van der Waals surface area (Å²) in [5.74, 6) is -1.77. The summed E-state index contributed by atoms with van der Waals surface area (Å²) in [6.45, 7) is 1.85. The summed E-state index contributed by atoms with van der Waals surface area (Å²) in [5, 5.41) is 22.8. The zero-order valence-electron chi connectivity index (χ0n) is 17.7. The van der Waals surface area contributed by atoms with E-state index in [1.807, 2.05) is 6.92 Å². The first kappa shape index (κ1) is 25.4. The number of allylic oxidation sites excluding steroid dienone is 1. The molecule has 0 radical (unpaired) electrons. The van der Waals surface area contributed by atoms with Crippen LogP contribution < -0.4 is 4.74 Å². The number of nitro benzene ring substituents is 2. The fourth-order valence-electron chi connectivity index (χ4n) is 2.98. The summed E-state index contributed by atoms with van der Waals surface area (Å²) in [5.41, 5.74) is -2.75. The number of nitrogens with zero attached hydrogens (tertiary/aromatic N) is 2. The monoisotopic (exact) mass is 506 g/mol. The normalized spacial score (nSPS) is 11.5. The fraction of sp³-hybridized carbons (Fsp3) is 0.0870. The highest BCUT2D eigenvalue weighted by Gasteiger charge is 2.39. The van der Waals surface area contributed by atoms with Crippen molar-refractivity contribution in [3.05, 3.63) is 108 Å². The number of nitro groups is 2. The first-order chi connectivity index (χ1) is 16.4. The molecule has 0 aliphatic carbocycles. The largest absolute Gasteiger partial charge is 0.442 e. The molecule has 0 N–H and O–H groups in total. The Balaban J connectivity index is 2.09. The first-order valence-electron chi connectivity index (χ1n) is 9.68. The standard InChI is InChI=1S/C23H14ClF3N2O6/c1-13-5-7-14(8-6-13)20(30)10-9-15-3-2-4-17(24)21(15)35-22-18(28(31)32)11-16(23(25,26)27)12-19(22)29(33)34/h2-12H,1H3/b10-9+. The van der Waals surface area contributed by atoms with Crippen LogP contribution in [0.2, 0.25) is 5.02 Å². The van der Waals surface area contributed by atoms with Gasteiger partial charge in [-0.15, -0.1) is 0 Å². The number of hydrogen-bond acceptors (Lipinski definition) is 6. The maximum atomic E-state index is 13.2. The summed E-state index contributed by atoms with van der Waals surface area (Å²) < 4.78 is 44.9. The van der Waals surface area contributed by atoms with Crippen molar-refractivity contribution >= 4 is 34.8 Å². The van der Waals surface area contributed by atoms with E-state index in [0.717, 1.165) is 5.56 Å². The molecule has 0 atom stereocenters. The van der Waals surface area contributed by atoms with Crippen molar-refractivity contribution < 1.29 is 32.5 Å². The molecule has 0 aliphatic heterocycles. The van der Waals surface area contributed by atoms with Gasteiger partial charge in [0.15, 0.2) is 11.5 Å². The van der Waals surface area contributed by atoms with E-state index in [4.69, 9.17) is 16.3 Å². The predicted octanol–water partition coefficient (Wildman–Crippen LogP) is 7.17. The fourth-order valence-corrected chi connectivity index (χ4v) is 3.20. The molecule has 0 fully saturated rings. The quantitative estimate of drug-likeness (QED) is 0.145. The molecule has 0 heterocycles. The van der Waals surface area contributed by atoms with E-state index < -0.39 is 44.5 Å². The van der Waals surface area contributed by atoms with Crippen molar-refractivity contribution in [1.29, 1.82) is 0 Å². The lowest BCUT2D eigenvalue weighted by molar-refractivity contribution is -0.396. The molecule has 0 bridgehead atoms. The number of halogens is 4. The third-order valence-electron chi connectivity index (χ3n) is 4.72. The second kappa shape index (κ2) is 9.94. The van der Waals surface area contributed by atoms with E-state index in [2.05, 4.69) is 0 Å². The van der Waals surface area contributed by atoms with E-state index >= 15 is 0 Å². The van der Waals surface area contributed by atoms with Gasteiger partial charge < -0.3 is 4.74 Å². The summed E-state index contributed by atoms with van der Waals surface area (Å²) >= 11 is 6.13. The van der Waals surface area contributed by atoms with Crippen LogP contribution in [-0.4, -0.2) is 15.6 Å². The van der Waals surface area contributed by atoms with E-state index in [-0.39, 0.29) is 28.5 Å². The molecule has 180 valence electrons. The van der Waals surface area contributed by atoms with Gasteiger partial charge in [-0.05, 0) is 25.1 Å². The van der Waals surface area contributed by atoms with Gasteiger partial charge in [-0.25, -0.2) is 0 Å². The number of carbonyl (C=O) groups is 1. The molecule has 0 unspecified atom stereocenters.